The molecule has 9 rings (SSSR count). The second kappa shape index (κ2) is 20.1. The summed E-state index contributed by atoms with van der Waals surface area (Å²) in [5.41, 5.74) is 5.86. The van der Waals surface area contributed by atoms with Crippen LogP contribution in [0.3, 0.4) is 0 Å². The van der Waals surface area contributed by atoms with Crippen molar-refractivity contribution in [2.45, 2.75) is 103 Å². The molecule has 4 N–H and O–H groups in total. The van der Waals surface area contributed by atoms with E-state index >= 15 is 0 Å². The summed E-state index contributed by atoms with van der Waals surface area (Å²) in [5, 5.41) is 7.89. The molecular formula is C52H64N8O8. The number of H-pyrrole nitrogens is 2. The average molecular weight is 929 g/mol. The molecule has 0 spiro atoms. The first-order chi connectivity index (χ1) is 32.8. The first-order valence-corrected chi connectivity index (χ1v) is 24.1. The van der Waals surface area contributed by atoms with Crippen LogP contribution in [0.5, 0.6) is 0 Å². The highest BCUT2D eigenvalue weighted by molar-refractivity contribution is 5.91. The number of methoxy groups -OCH3 is 2. The van der Waals surface area contributed by atoms with Crippen molar-refractivity contribution in [3.8, 4) is 33.6 Å². The standard InChI is InChI=1S/C52H64N8O8/c1-29-19-43(59(27-29)49(61)45(57-51(63)65-5)39-15-17-67-31(3)21-39)47-53-25-41(55-47)34-9-7-33(8-10-34)35-11-12-37-24-38(14-13-36(37)23-35)42-26-54-48(56-42)44-20-30(2)28-60(44)50(62)46(58-52(64)66-6)40-16-18-68-32(4)22-40/h7-14,23-26,29-32,39-40,43-46H,15-22,27-28H2,1-6H3,(H,53,55)(H,54,56)(H,57,63)(H,58,64)/t29-,30-,31-,32+,39+,40-,43-,44-,45-,46-/m0/s1. The summed E-state index contributed by atoms with van der Waals surface area (Å²) in [7, 11) is 2.63. The molecule has 4 amide bonds. The smallest absolute Gasteiger partial charge is 0.407 e. The molecule has 3 aromatic carbocycles. The van der Waals surface area contributed by atoms with Gasteiger partial charge in [-0.3, -0.25) is 9.59 Å². The van der Waals surface area contributed by atoms with Crippen LogP contribution >= 0.6 is 0 Å². The molecule has 4 fully saturated rings. The topological polar surface area (TPSA) is 193 Å². The SMILES string of the molecule is COC(=O)N[C@H](C(=O)N1C[C@@H](C)C[C@H]1c1ncc(-c2ccc(-c3ccc4cc(-c5cnc([C@@H]6C[C@H](C)CN6C(=O)[C@@H](NC(=O)OC)[C@H]6CCO[C@H](C)C6)[nH]5)ccc4c3)cc2)[nH]1)[C@@H]1CCO[C@@H](C)C1. The van der Waals surface area contributed by atoms with Gasteiger partial charge in [-0.2, -0.15) is 0 Å². The van der Waals surface area contributed by atoms with E-state index in [4.69, 9.17) is 28.9 Å². The van der Waals surface area contributed by atoms with E-state index < -0.39 is 24.3 Å². The number of imidazole rings is 2. The van der Waals surface area contributed by atoms with Gasteiger partial charge in [-0.05, 0) is 116 Å². The van der Waals surface area contributed by atoms with E-state index in [0.717, 1.165) is 68.9 Å². The Morgan fingerprint density at radius 1 is 0.603 bits per heavy atom. The number of ether oxygens (including phenoxy) is 4. The van der Waals surface area contributed by atoms with Crippen molar-refractivity contribution in [3.63, 3.8) is 0 Å². The number of likely N-dealkylation sites (tertiary alicyclic amines) is 2. The van der Waals surface area contributed by atoms with Gasteiger partial charge in [0.1, 0.15) is 23.7 Å². The van der Waals surface area contributed by atoms with Crippen LogP contribution in [0.25, 0.3) is 44.4 Å². The Kier molecular flexibility index (Phi) is 13.9. The highest BCUT2D eigenvalue weighted by Gasteiger charge is 2.44. The lowest BCUT2D eigenvalue weighted by Gasteiger charge is -2.36. The molecule has 4 aliphatic rings. The van der Waals surface area contributed by atoms with E-state index in [0.29, 0.717) is 52.0 Å². The summed E-state index contributed by atoms with van der Waals surface area (Å²) in [4.78, 5) is 73.9. The van der Waals surface area contributed by atoms with Gasteiger partial charge in [-0.25, -0.2) is 19.6 Å². The monoisotopic (exact) mass is 928 g/mol. The summed E-state index contributed by atoms with van der Waals surface area (Å²) >= 11 is 0. The highest BCUT2D eigenvalue weighted by atomic mass is 16.5. The molecule has 4 aliphatic heterocycles. The summed E-state index contributed by atoms with van der Waals surface area (Å²) in [5.74, 6) is 1.61. The number of nitrogens with zero attached hydrogens (tertiary/aromatic N) is 4. The molecule has 0 saturated carbocycles. The maximum absolute atomic E-state index is 14.3. The van der Waals surface area contributed by atoms with E-state index in [-0.39, 0.29) is 59.8 Å². The van der Waals surface area contributed by atoms with Gasteiger partial charge >= 0.3 is 12.2 Å². The Hall–Kier alpha value is -6.26. The Balaban J connectivity index is 0.876. The fraction of sp³-hybridized carbons (Fsp3) is 0.500. The zero-order valence-electron chi connectivity index (χ0n) is 39.8. The zero-order chi connectivity index (χ0) is 47.6. The number of carbonyl (C=O) groups excluding carboxylic acids is 4. The molecule has 0 aliphatic carbocycles. The van der Waals surface area contributed by atoms with Gasteiger partial charge in [0, 0.05) is 31.9 Å². The zero-order valence-corrected chi connectivity index (χ0v) is 39.8. The van der Waals surface area contributed by atoms with Gasteiger partial charge in [0.25, 0.3) is 0 Å². The molecule has 0 unspecified atom stereocenters. The fourth-order valence-corrected chi connectivity index (χ4v) is 11.0. The first kappa shape index (κ1) is 46.8. The molecule has 68 heavy (non-hydrogen) atoms. The summed E-state index contributed by atoms with van der Waals surface area (Å²) in [6.45, 7) is 10.5. The third kappa shape index (κ3) is 9.98. The largest absolute Gasteiger partial charge is 0.453 e. The molecule has 6 heterocycles. The fourth-order valence-electron chi connectivity index (χ4n) is 11.0. The minimum Gasteiger partial charge on any atom is -0.453 e. The van der Waals surface area contributed by atoms with Gasteiger partial charge in [0.2, 0.25) is 11.8 Å². The van der Waals surface area contributed by atoms with E-state index in [1.165, 1.54) is 14.2 Å². The second-order valence-corrected chi connectivity index (χ2v) is 19.6. The predicted octanol–water partition coefficient (Wildman–Crippen LogP) is 8.19. The molecular weight excluding hydrogens is 865 g/mol. The van der Waals surface area contributed by atoms with Crippen LogP contribution in [0.15, 0.2) is 73.1 Å². The maximum atomic E-state index is 14.3. The van der Waals surface area contributed by atoms with Crippen molar-refractivity contribution in [2.75, 3.05) is 40.5 Å². The highest BCUT2D eigenvalue weighted by Crippen LogP contribution is 2.39. The molecule has 0 radical (unpaired) electrons. The van der Waals surface area contributed by atoms with Crippen molar-refractivity contribution < 1.29 is 38.1 Å². The Morgan fingerprint density at radius 3 is 1.50 bits per heavy atom. The van der Waals surface area contributed by atoms with Crippen LogP contribution in [0.2, 0.25) is 0 Å². The van der Waals surface area contributed by atoms with Crippen LogP contribution in [0.1, 0.15) is 90.0 Å². The number of carbonyl (C=O) groups is 4. The number of rotatable bonds is 11. The van der Waals surface area contributed by atoms with Crippen molar-refractivity contribution in [3.05, 3.63) is 84.7 Å². The minimum absolute atomic E-state index is 0.000555. The lowest BCUT2D eigenvalue weighted by Crippen LogP contribution is -2.53. The number of amides is 4. The van der Waals surface area contributed by atoms with Crippen molar-refractivity contribution in [1.82, 2.24) is 40.4 Å². The number of hydrogen-bond donors (Lipinski definition) is 4. The lowest BCUT2D eigenvalue weighted by molar-refractivity contribution is -0.138. The van der Waals surface area contributed by atoms with E-state index in [9.17, 15) is 19.2 Å². The van der Waals surface area contributed by atoms with Crippen LogP contribution in [-0.4, -0.2) is 119 Å². The summed E-state index contributed by atoms with van der Waals surface area (Å²) < 4.78 is 21.4. The Morgan fingerprint density at radius 2 is 1.03 bits per heavy atom. The van der Waals surface area contributed by atoms with Crippen LogP contribution < -0.4 is 10.6 Å². The number of benzene rings is 3. The third-order valence-corrected chi connectivity index (χ3v) is 14.5. The molecule has 5 aromatic rings. The minimum atomic E-state index is -0.716. The van der Waals surface area contributed by atoms with Crippen LogP contribution in [0, 0.1) is 23.7 Å². The molecule has 4 saturated heterocycles. The normalized spacial score (nSPS) is 26.0. The second-order valence-electron chi connectivity index (χ2n) is 19.6. The number of aromatic nitrogens is 4. The first-order valence-electron chi connectivity index (χ1n) is 24.1. The van der Waals surface area contributed by atoms with Crippen molar-refractivity contribution in [2.24, 2.45) is 23.7 Å². The molecule has 2 aromatic heterocycles. The molecule has 360 valence electrons. The number of fused-ring (bicyclic) bond motifs is 1. The molecule has 10 atom stereocenters. The lowest BCUT2D eigenvalue weighted by atomic mass is 9.88. The van der Waals surface area contributed by atoms with Crippen LogP contribution in [-0.2, 0) is 28.5 Å². The molecule has 16 heteroatoms. The summed E-state index contributed by atoms with van der Waals surface area (Å²) in [6.07, 6.45) is 6.66. The van der Waals surface area contributed by atoms with Gasteiger partial charge in [-0.1, -0.05) is 62.4 Å². The van der Waals surface area contributed by atoms with Gasteiger partial charge < -0.3 is 49.3 Å². The van der Waals surface area contributed by atoms with Gasteiger partial charge in [0.05, 0.1) is 62.3 Å². The van der Waals surface area contributed by atoms with Crippen molar-refractivity contribution in [1.29, 1.82) is 0 Å². The Labute approximate surface area is 397 Å². The summed E-state index contributed by atoms with van der Waals surface area (Å²) in [6, 6.07) is 19.3. The van der Waals surface area contributed by atoms with Gasteiger partial charge in [0.15, 0.2) is 0 Å². The number of hydrogen-bond acceptors (Lipinski definition) is 10. The maximum Gasteiger partial charge on any atom is 0.407 e. The van der Waals surface area contributed by atoms with Crippen LogP contribution in [0.4, 0.5) is 9.59 Å². The Bertz CT molecular complexity index is 2610. The van der Waals surface area contributed by atoms with Crippen molar-refractivity contribution >= 4 is 34.8 Å². The van der Waals surface area contributed by atoms with E-state index in [2.05, 4.69) is 95.1 Å². The number of aromatic amines is 2. The van der Waals surface area contributed by atoms with E-state index in [1.54, 1.807) is 0 Å². The quantitative estimate of drug-likeness (QED) is 0.100. The number of alkyl carbamates (subject to hydrolysis) is 2. The average Bonchev–Trinajstić information content (AvgIpc) is 4.19. The third-order valence-electron chi connectivity index (χ3n) is 14.5. The molecule has 16 nitrogen and oxygen atoms in total. The van der Waals surface area contributed by atoms with E-state index in [1.807, 2.05) is 36.0 Å². The number of nitrogens with one attached hydrogen (secondary N) is 4. The van der Waals surface area contributed by atoms with Gasteiger partial charge in [-0.15, -0.1) is 0 Å². The predicted molar refractivity (Wildman–Crippen MR) is 256 cm³/mol. The molecule has 0 bridgehead atoms.